The molecule has 1 aromatic rings. The number of ether oxygens (including phenoxy) is 1. The zero-order valence-electron chi connectivity index (χ0n) is 12.0. The summed E-state index contributed by atoms with van der Waals surface area (Å²) < 4.78 is 10.3. The Balaban J connectivity index is 1.81. The van der Waals surface area contributed by atoms with Gasteiger partial charge in [-0.25, -0.2) is 4.79 Å². The molecule has 1 saturated carbocycles. The molecule has 0 spiro atoms. The Morgan fingerprint density at radius 3 is 2.86 bits per heavy atom. The van der Waals surface area contributed by atoms with E-state index in [0.29, 0.717) is 17.6 Å². The molecule has 1 amide bonds. The number of carbonyl (C=O) groups is 2. The summed E-state index contributed by atoms with van der Waals surface area (Å²) in [6.45, 7) is 2.09. The first kappa shape index (κ1) is 15.3. The van der Waals surface area contributed by atoms with Crippen molar-refractivity contribution in [1.82, 2.24) is 5.32 Å². The molecular weight excluding hydrogens is 274 g/mol. The molecule has 0 bridgehead atoms. The van der Waals surface area contributed by atoms with Gasteiger partial charge < -0.3 is 19.6 Å². The summed E-state index contributed by atoms with van der Waals surface area (Å²) in [6.07, 6.45) is 2.97. The van der Waals surface area contributed by atoms with Crippen LogP contribution in [0.4, 0.5) is 0 Å². The van der Waals surface area contributed by atoms with E-state index >= 15 is 0 Å². The molecule has 0 aromatic carbocycles. The molecular formula is C15H19NO5. The zero-order valence-corrected chi connectivity index (χ0v) is 12.0. The Hall–Kier alpha value is -2.08. The number of furan rings is 1. The van der Waals surface area contributed by atoms with E-state index in [4.69, 9.17) is 14.3 Å². The van der Waals surface area contributed by atoms with Crippen LogP contribution in [0.15, 0.2) is 22.6 Å². The number of nitrogens with one attached hydrogen (secondary N) is 1. The number of rotatable bonds is 7. The summed E-state index contributed by atoms with van der Waals surface area (Å²) in [5.74, 6) is 1.22. The van der Waals surface area contributed by atoms with Crippen molar-refractivity contribution >= 4 is 18.0 Å². The fourth-order valence-corrected chi connectivity index (χ4v) is 2.06. The molecule has 2 rings (SSSR count). The average Bonchev–Trinajstić information content (AvgIpc) is 3.00. The highest BCUT2D eigenvalue weighted by Gasteiger charge is 2.36. The third-order valence-corrected chi connectivity index (χ3v) is 3.54. The minimum Gasteiger partial charge on any atom is -0.479 e. The molecule has 1 aliphatic carbocycles. The molecule has 114 valence electrons. The predicted octanol–water partition coefficient (Wildman–Crippen LogP) is 1.63. The normalized spacial score (nSPS) is 22.2. The molecule has 0 saturated heterocycles. The van der Waals surface area contributed by atoms with E-state index in [9.17, 15) is 9.59 Å². The van der Waals surface area contributed by atoms with Gasteiger partial charge >= 0.3 is 5.97 Å². The van der Waals surface area contributed by atoms with E-state index in [2.05, 4.69) is 12.2 Å². The number of amides is 1. The maximum absolute atomic E-state index is 11.6. The van der Waals surface area contributed by atoms with Gasteiger partial charge in [-0.15, -0.1) is 0 Å². The van der Waals surface area contributed by atoms with E-state index in [0.717, 1.165) is 12.2 Å². The topological polar surface area (TPSA) is 88.8 Å². The van der Waals surface area contributed by atoms with E-state index in [1.165, 1.54) is 13.2 Å². The van der Waals surface area contributed by atoms with Gasteiger partial charge in [-0.3, -0.25) is 4.79 Å². The van der Waals surface area contributed by atoms with Gasteiger partial charge in [-0.1, -0.05) is 6.92 Å². The van der Waals surface area contributed by atoms with Crippen molar-refractivity contribution in [1.29, 1.82) is 0 Å². The highest BCUT2D eigenvalue weighted by molar-refractivity contribution is 5.91. The lowest BCUT2D eigenvalue weighted by molar-refractivity contribution is -0.148. The third-order valence-electron chi connectivity index (χ3n) is 3.54. The number of carboxylic acids is 1. The Morgan fingerprint density at radius 2 is 2.29 bits per heavy atom. The predicted molar refractivity (Wildman–Crippen MR) is 75.7 cm³/mol. The van der Waals surface area contributed by atoms with Gasteiger partial charge in [-0.2, -0.15) is 0 Å². The van der Waals surface area contributed by atoms with Crippen LogP contribution in [-0.2, 0) is 14.3 Å². The second-order valence-electron chi connectivity index (χ2n) is 5.20. The summed E-state index contributed by atoms with van der Waals surface area (Å²) in [7, 11) is 1.28. The van der Waals surface area contributed by atoms with E-state index in [-0.39, 0.29) is 6.54 Å². The fourth-order valence-electron chi connectivity index (χ4n) is 2.06. The van der Waals surface area contributed by atoms with Gasteiger partial charge in [0.1, 0.15) is 11.5 Å². The van der Waals surface area contributed by atoms with Crippen LogP contribution in [0.2, 0.25) is 0 Å². The molecule has 1 aliphatic rings. The van der Waals surface area contributed by atoms with Gasteiger partial charge in [0.05, 0.1) is 6.54 Å². The highest BCUT2D eigenvalue weighted by atomic mass is 16.5. The van der Waals surface area contributed by atoms with Gasteiger partial charge in [0.25, 0.3) is 0 Å². The monoisotopic (exact) mass is 293 g/mol. The molecule has 0 radical (unpaired) electrons. The van der Waals surface area contributed by atoms with Crippen LogP contribution in [0.5, 0.6) is 0 Å². The van der Waals surface area contributed by atoms with Crippen molar-refractivity contribution in [2.24, 2.45) is 5.92 Å². The smallest absolute Gasteiger partial charge is 0.334 e. The highest BCUT2D eigenvalue weighted by Crippen LogP contribution is 2.47. The van der Waals surface area contributed by atoms with Crippen molar-refractivity contribution in [3.8, 4) is 0 Å². The first-order chi connectivity index (χ1) is 10.0. The lowest BCUT2D eigenvalue weighted by Crippen LogP contribution is -2.37. The van der Waals surface area contributed by atoms with Gasteiger partial charge in [0.2, 0.25) is 5.91 Å². The largest absolute Gasteiger partial charge is 0.479 e. The minimum absolute atomic E-state index is 0.0853. The number of hydrogen-bond donors (Lipinski definition) is 2. The minimum atomic E-state index is -1.11. The number of carbonyl (C=O) groups excluding carboxylic acids is 1. The standard InChI is InChI=1S/C15H19NO5/c1-9-7-11(9)12-5-3-10(21-12)4-6-14(17)16-8-13(20-2)15(18)19/h3-6,9,11,13H,7-8H2,1-2H3,(H,16,17)(H,18,19)/b6-4+. The molecule has 2 N–H and O–H groups in total. The summed E-state index contributed by atoms with van der Waals surface area (Å²) in [6, 6.07) is 3.75. The van der Waals surface area contributed by atoms with Crippen molar-refractivity contribution in [3.05, 3.63) is 29.7 Å². The quantitative estimate of drug-likeness (QED) is 0.746. The first-order valence-corrected chi connectivity index (χ1v) is 6.82. The van der Waals surface area contributed by atoms with Crippen LogP contribution in [0.3, 0.4) is 0 Å². The number of carboxylic acid groups (broad SMARTS) is 1. The van der Waals surface area contributed by atoms with Crippen molar-refractivity contribution < 1.29 is 23.8 Å². The average molecular weight is 293 g/mol. The number of hydrogen-bond acceptors (Lipinski definition) is 4. The molecule has 21 heavy (non-hydrogen) atoms. The van der Waals surface area contributed by atoms with Gasteiger partial charge in [0.15, 0.2) is 6.10 Å². The van der Waals surface area contributed by atoms with Crippen molar-refractivity contribution in [2.45, 2.75) is 25.4 Å². The SMILES string of the molecule is COC(CNC(=O)/C=C/c1ccc(C2CC2C)o1)C(=O)O. The van der Waals surface area contributed by atoms with Crippen LogP contribution in [0.25, 0.3) is 6.08 Å². The van der Waals surface area contributed by atoms with Crippen LogP contribution in [-0.4, -0.2) is 36.7 Å². The second-order valence-corrected chi connectivity index (χ2v) is 5.20. The Morgan fingerprint density at radius 1 is 1.57 bits per heavy atom. The van der Waals surface area contributed by atoms with Crippen LogP contribution in [0.1, 0.15) is 30.8 Å². The number of aliphatic carboxylic acids is 1. The summed E-state index contributed by atoms with van der Waals surface area (Å²) >= 11 is 0. The summed E-state index contributed by atoms with van der Waals surface area (Å²) in [5, 5.41) is 11.2. The number of methoxy groups -OCH3 is 1. The van der Waals surface area contributed by atoms with Crippen LogP contribution in [0, 0.1) is 5.92 Å². The molecule has 0 aliphatic heterocycles. The van der Waals surface area contributed by atoms with Gasteiger partial charge in [-0.05, 0) is 30.5 Å². The first-order valence-electron chi connectivity index (χ1n) is 6.82. The molecule has 6 nitrogen and oxygen atoms in total. The van der Waals surface area contributed by atoms with E-state index < -0.39 is 18.0 Å². The molecule has 6 heteroatoms. The lowest BCUT2D eigenvalue weighted by Gasteiger charge is -2.09. The molecule has 3 atom stereocenters. The van der Waals surface area contributed by atoms with E-state index in [1.54, 1.807) is 6.08 Å². The van der Waals surface area contributed by atoms with Crippen LogP contribution >= 0.6 is 0 Å². The Kier molecular flexibility index (Phi) is 4.80. The summed E-state index contributed by atoms with van der Waals surface area (Å²) in [5.41, 5.74) is 0. The summed E-state index contributed by atoms with van der Waals surface area (Å²) in [4.78, 5) is 22.3. The van der Waals surface area contributed by atoms with Crippen molar-refractivity contribution in [3.63, 3.8) is 0 Å². The van der Waals surface area contributed by atoms with Crippen LogP contribution < -0.4 is 5.32 Å². The molecule has 3 unspecified atom stereocenters. The van der Waals surface area contributed by atoms with Crippen molar-refractivity contribution in [2.75, 3.05) is 13.7 Å². The zero-order chi connectivity index (χ0) is 15.4. The molecule has 1 heterocycles. The maximum Gasteiger partial charge on any atom is 0.334 e. The molecule has 1 aromatic heterocycles. The van der Waals surface area contributed by atoms with Gasteiger partial charge in [0, 0.05) is 19.1 Å². The van der Waals surface area contributed by atoms with E-state index in [1.807, 2.05) is 12.1 Å². The maximum atomic E-state index is 11.6. The third kappa shape index (κ3) is 4.19. The molecule has 1 fully saturated rings. The fraction of sp³-hybridized carbons (Fsp3) is 0.467. The Labute approximate surface area is 122 Å². The Bertz CT molecular complexity index is 548. The second kappa shape index (κ2) is 6.58. The lowest BCUT2D eigenvalue weighted by atomic mass is 10.3.